The number of nitrogens with one attached hydrogen (secondary N) is 2. The van der Waals surface area contributed by atoms with Crippen LogP contribution in [0.5, 0.6) is 0 Å². The van der Waals surface area contributed by atoms with Gasteiger partial charge in [0.25, 0.3) is 0 Å². The van der Waals surface area contributed by atoms with Crippen LogP contribution in [0.3, 0.4) is 0 Å². The summed E-state index contributed by atoms with van der Waals surface area (Å²) in [7, 11) is 0. The van der Waals surface area contributed by atoms with E-state index in [9.17, 15) is 4.79 Å². The summed E-state index contributed by atoms with van der Waals surface area (Å²) in [5.41, 5.74) is 10.0. The number of benzene rings is 1. The highest BCUT2D eigenvalue weighted by atomic mass is 16.2. The van der Waals surface area contributed by atoms with Gasteiger partial charge in [0.15, 0.2) is 0 Å². The van der Waals surface area contributed by atoms with E-state index in [4.69, 9.17) is 5.73 Å². The van der Waals surface area contributed by atoms with Crippen LogP contribution in [0.2, 0.25) is 0 Å². The largest absolute Gasteiger partial charge is 0.368 e. The molecule has 0 unspecified atom stereocenters. The van der Waals surface area contributed by atoms with Gasteiger partial charge in [0.05, 0.1) is 5.41 Å². The SMILES string of the molecule is Nc1ncc(-c2ccc(C3(C(=O)Nc4ccc(-c5cc[nH]c5)cn4)CCC3)cc2)cn1. The highest BCUT2D eigenvalue weighted by Gasteiger charge is 2.45. The van der Waals surface area contributed by atoms with Gasteiger partial charge in [-0.15, -0.1) is 0 Å². The van der Waals surface area contributed by atoms with E-state index in [0.717, 1.165) is 47.1 Å². The number of H-pyrrole nitrogens is 1. The number of aromatic nitrogens is 4. The molecule has 0 spiro atoms. The Morgan fingerprint density at radius 1 is 0.871 bits per heavy atom. The maximum Gasteiger partial charge on any atom is 0.236 e. The van der Waals surface area contributed by atoms with Crippen molar-refractivity contribution in [3.05, 3.63) is 79.0 Å². The van der Waals surface area contributed by atoms with Gasteiger partial charge in [-0.2, -0.15) is 0 Å². The Hall–Kier alpha value is -4.00. The molecule has 7 nitrogen and oxygen atoms in total. The summed E-state index contributed by atoms with van der Waals surface area (Å²) < 4.78 is 0. The second kappa shape index (κ2) is 7.68. The summed E-state index contributed by atoms with van der Waals surface area (Å²) in [6.07, 6.45) is 11.6. The average molecular weight is 410 g/mol. The average Bonchev–Trinajstić information content (AvgIpc) is 3.30. The fraction of sp³-hybridized carbons (Fsp3) is 0.167. The number of carbonyl (C=O) groups is 1. The van der Waals surface area contributed by atoms with Gasteiger partial charge in [0.2, 0.25) is 11.9 Å². The molecule has 1 aromatic carbocycles. The van der Waals surface area contributed by atoms with E-state index in [1.54, 1.807) is 18.6 Å². The molecule has 0 aliphatic heterocycles. The quantitative estimate of drug-likeness (QED) is 0.457. The fourth-order valence-electron chi connectivity index (χ4n) is 4.02. The maximum absolute atomic E-state index is 13.2. The lowest BCUT2D eigenvalue weighted by molar-refractivity contribution is -0.124. The van der Waals surface area contributed by atoms with Crippen LogP contribution in [0.15, 0.2) is 73.4 Å². The predicted octanol–water partition coefficient (Wildman–Crippen LogP) is 4.18. The van der Waals surface area contributed by atoms with E-state index < -0.39 is 5.41 Å². The molecule has 5 rings (SSSR count). The van der Waals surface area contributed by atoms with Gasteiger partial charge in [-0.3, -0.25) is 4.79 Å². The van der Waals surface area contributed by atoms with Crippen molar-refractivity contribution in [2.75, 3.05) is 11.1 Å². The summed E-state index contributed by atoms with van der Waals surface area (Å²) in [5.74, 6) is 0.801. The highest BCUT2D eigenvalue weighted by molar-refractivity contribution is 5.99. The van der Waals surface area contributed by atoms with E-state index in [2.05, 4.69) is 25.3 Å². The van der Waals surface area contributed by atoms with Crippen molar-refractivity contribution in [3.63, 3.8) is 0 Å². The minimum atomic E-state index is -0.517. The monoisotopic (exact) mass is 410 g/mol. The molecule has 31 heavy (non-hydrogen) atoms. The van der Waals surface area contributed by atoms with Gasteiger partial charge in [0.1, 0.15) is 5.82 Å². The molecule has 3 aromatic heterocycles. The lowest BCUT2D eigenvalue weighted by Gasteiger charge is -2.40. The van der Waals surface area contributed by atoms with E-state index in [1.165, 1.54) is 0 Å². The second-order valence-corrected chi connectivity index (χ2v) is 7.83. The first-order chi connectivity index (χ1) is 15.1. The van der Waals surface area contributed by atoms with Crippen molar-refractivity contribution >= 4 is 17.7 Å². The molecule has 1 fully saturated rings. The van der Waals surface area contributed by atoms with E-state index in [1.807, 2.05) is 54.9 Å². The molecule has 4 N–H and O–H groups in total. The number of carbonyl (C=O) groups excluding carboxylic acids is 1. The molecule has 1 saturated carbocycles. The molecule has 4 aromatic rings. The summed E-state index contributed by atoms with van der Waals surface area (Å²) in [6, 6.07) is 13.8. The molecule has 7 heteroatoms. The Morgan fingerprint density at radius 3 is 2.16 bits per heavy atom. The number of nitrogens with two attached hydrogens (primary N) is 1. The third kappa shape index (κ3) is 3.54. The van der Waals surface area contributed by atoms with Crippen molar-refractivity contribution < 1.29 is 4.79 Å². The normalized spacial score (nSPS) is 14.6. The molecule has 1 amide bonds. The number of pyridine rings is 1. The van der Waals surface area contributed by atoms with Gasteiger partial charge < -0.3 is 16.0 Å². The highest BCUT2D eigenvalue weighted by Crippen LogP contribution is 2.45. The Kier molecular flexibility index (Phi) is 4.71. The Balaban J connectivity index is 1.34. The molecule has 154 valence electrons. The van der Waals surface area contributed by atoms with Crippen molar-refractivity contribution in [2.24, 2.45) is 0 Å². The molecule has 3 heterocycles. The smallest absolute Gasteiger partial charge is 0.236 e. The first kappa shape index (κ1) is 19.0. The number of hydrogen-bond acceptors (Lipinski definition) is 5. The fourth-order valence-corrected chi connectivity index (χ4v) is 4.02. The number of anilines is 2. The van der Waals surface area contributed by atoms with Crippen LogP contribution in [0, 0.1) is 0 Å². The van der Waals surface area contributed by atoms with Gasteiger partial charge in [0, 0.05) is 47.7 Å². The lowest BCUT2D eigenvalue weighted by atomic mass is 9.63. The number of amides is 1. The second-order valence-electron chi connectivity index (χ2n) is 7.83. The molecule has 0 saturated heterocycles. The lowest BCUT2D eigenvalue weighted by Crippen LogP contribution is -2.46. The van der Waals surface area contributed by atoms with Gasteiger partial charge in [-0.05, 0) is 42.2 Å². The molecule has 1 aliphatic carbocycles. The van der Waals surface area contributed by atoms with Crippen molar-refractivity contribution in [3.8, 4) is 22.3 Å². The van der Waals surface area contributed by atoms with Crippen LogP contribution in [-0.2, 0) is 10.2 Å². The van der Waals surface area contributed by atoms with Crippen LogP contribution < -0.4 is 11.1 Å². The van der Waals surface area contributed by atoms with E-state index >= 15 is 0 Å². The molecular formula is C24H22N6O. The maximum atomic E-state index is 13.2. The van der Waals surface area contributed by atoms with Crippen LogP contribution in [0.1, 0.15) is 24.8 Å². The zero-order valence-corrected chi connectivity index (χ0v) is 16.9. The topological polar surface area (TPSA) is 110 Å². The van der Waals surface area contributed by atoms with Crippen molar-refractivity contribution in [1.82, 2.24) is 19.9 Å². The molecule has 1 aliphatic rings. The van der Waals surface area contributed by atoms with Crippen LogP contribution in [0.25, 0.3) is 22.3 Å². The Bertz CT molecular complexity index is 1180. The Labute approximate surface area is 179 Å². The number of aromatic amines is 1. The van der Waals surface area contributed by atoms with E-state index in [-0.39, 0.29) is 11.9 Å². The Morgan fingerprint density at radius 2 is 1.58 bits per heavy atom. The van der Waals surface area contributed by atoms with Crippen molar-refractivity contribution in [2.45, 2.75) is 24.7 Å². The first-order valence-corrected chi connectivity index (χ1v) is 10.2. The molecule has 0 bridgehead atoms. The van der Waals surface area contributed by atoms with E-state index in [0.29, 0.717) is 5.82 Å². The molecule has 0 radical (unpaired) electrons. The molecule has 0 atom stereocenters. The van der Waals surface area contributed by atoms with Crippen LogP contribution in [-0.4, -0.2) is 25.8 Å². The summed E-state index contributed by atoms with van der Waals surface area (Å²) in [6.45, 7) is 0. The summed E-state index contributed by atoms with van der Waals surface area (Å²) in [4.78, 5) is 28.8. The number of rotatable bonds is 5. The zero-order chi connectivity index (χ0) is 21.3. The third-order valence-corrected chi connectivity index (χ3v) is 6.02. The van der Waals surface area contributed by atoms with Crippen LogP contribution in [0.4, 0.5) is 11.8 Å². The van der Waals surface area contributed by atoms with Crippen LogP contribution >= 0.6 is 0 Å². The van der Waals surface area contributed by atoms with Gasteiger partial charge in [-0.25, -0.2) is 15.0 Å². The number of hydrogen-bond donors (Lipinski definition) is 3. The standard InChI is InChI=1S/C24H22N6O/c25-23-28-14-19(15-29-23)16-2-5-20(6-3-16)24(9-1-10-24)22(31)30-21-7-4-17(13-27-21)18-8-11-26-12-18/h2-8,11-15,26H,1,9-10H2,(H2,25,28,29)(H,27,30,31). The summed E-state index contributed by atoms with van der Waals surface area (Å²) in [5, 5.41) is 3.02. The molecular weight excluding hydrogens is 388 g/mol. The minimum Gasteiger partial charge on any atom is -0.368 e. The third-order valence-electron chi connectivity index (χ3n) is 6.02. The zero-order valence-electron chi connectivity index (χ0n) is 16.9. The summed E-state index contributed by atoms with van der Waals surface area (Å²) >= 11 is 0. The van der Waals surface area contributed by atoms with Gasteiger partial charge in [-0.1, -0.05) is 30.7 Å². The predicted molar refractivity (Wildman–Crippen MR) is 120 cm³/mol. The van der Waals surface area contributed by atoms with Gasteiger partial charge >= 0.3 is 0 Å². The minimum absolute atomic E-state index is 0.00999. The first-order valence-electron chi connectivity index (χ1n) is 10.2. The number of nitrogens with zero attached hydrogens (tertiary/aromatic N) is 3. The number of nitrogen functional groups attached to an aromatic ring is 1. The van der Waals surface area contributed by atoms with Crippen molar-refractivity contribution in [1.29, 1.82) is 0 Å².